The van der Waals surface area contributed by atoms with Crippen LogP contribution in [-0.4, -0.2) is 5.97 Å². The minimum absolute atomic E-state index is 0.156. The van der Waals surface area contributed by atoms with E-state index in [1.165, 1.54) is 0 Å². The van der Waals surface area contributed by atoms with Crippen molar-refractivity contribution >= 4 is 27.5 Å². The van der Waals surface area contributed by atoms with Crippen molar-refractivity contribution in [2.24, 2.45) is 5.41 Å². The van der Waals surface area contributed by atoms with E-state index in [1.807, 2.05) is 58.9 Å². The summed E-state index contributed by atoms with van der Waals surface area (Å²) in [6.07, 6.45) is 0.748. The molecule has 2 heteroatoms. The Balaban J connectivity index is 2.22. The zero-order chi connectivity index (χ0) is 18.2. The number of rotatable bonds is 4. The first-order chi connectivity index (χ1) is 11.8. The van der Waals surface area contributed by atoms with Crippen molar-refractivity contribution in [1.29, 1.82) is 0 Å². The molecule has 0 bridgehead atoms. The molecule has 0 aliphatic heterocycles. The summed E-state index contributed by atoms with van der Waals surface area (Å²) in [5.74, 6) is -0.156. The van der Waals surface area contributed by atoms with Gasteiger partial charge in [0.15, 0.2) is 0 Å². The lowest BCUT2D eigenvalue weighted by Gasteiger charge is -2.32. The van der Waals surface area contributed by atoms with Gasteiger partial charge in [0.25, 0.3) is 0 Å². The quantitative estimate of drug-likeness (QED) is 0.419. The first-order valence-corrected chi connectivity index (χ1v) is 8.91. The maximum atomic E-state index is 12.7. The molecule has 130 valence electrons. The lowest BCUT2D eigenvalue weighted by atomic mass is 9.86. The first-order valence-electron chi connectivity index (χ1n) is 8.91. The Morgan fingerprint density at radius 1 is 0.880 bits per heavy atom. The third-order valence-electron chi connectivity index (χ3n) is 5.16. The van der Waals surface area contributed by atoms with E-state index in [2.05, 4.69) is 30.3 Å². The van der Waals surface area contributed by atoms with Gasteiger partial charge in [0.05, 0.1) is 5.41 Å². The van der Waals surface area contributed by atoms with Crippen LogP contribution in [0.3, 0.4) is 0 Å². The van der Waals surface area contributed by atoms with E-state index in [9.17, 15) is 4.79 Å². The highest BCUT2D eigenvalue weighted by molar-refractivity contribution is 6.03. The molecule has 0 unspecified atom stereocenters. The van der Waals surface area contributed by atoms with Crippen molar-refractivity contribution in [3.05, 3.63) is 60.2 Å². The lowest BCUT2D eigenvalue weighted by Crippen LogP contribution is -2.34. The van der Waals surface area contributed by atoms with Gasteiger partial charge >= 0.3 is 5.97 Å². The van der Waals surface area contributed by atoms with Crippen LogP contribution in [0.2, 0.25) is 0 Å². The van der Waals surface area contributed by atoms with Crippen molar-refractivity contribution in [2.75, 3.05) is 0 Å². The molecule has 0 N–H and O–H groups in total. The largest absolute Gasteiger partial charge is 0.454 e. The molecule has 0 amide bonds. The molecule has 0 radical (unpaired) electrons. The second-order valence-corrected chi connectivity index (χ2v) is 7.83. The van der Waals surface area contributed by atoms with Gasteiger partial charge in [0.1, 0.15) is 5.60 Å². The molecule has 2 nitrogen and oxygen atoms in total. The van der Waals surface area contributed by atoms with Crippen molar-refractivity contribution in [1.82, 2.24) is 0 Å². The highest BCUT2D eigenvalue weighted by atomic mass is 16.6. The van der Waals surface area contributed by atoms with Gasteiger partial charge < -0.3 is 4.74 Å². The predicted octanol–water partition coefficient (Wildman–Crippen LogP) is 6.21. The molecule has 3 aromatic rings. The summed E-state index contributed by atoms with van der Waals surface area (Å²) < 4.78 is 6.06. The fourth-order valence-corrected chi connectivity index (χ4v) is 3.23. The first kappa shape index (κ1) is 17.5. The van der Waals surface area contributed by atoms with Crippen molar-refractivity contribution in [2.45, 2.75) is 46.6 Å². The predicted molar refractivity (Wildman–Crippen MR) is 105 cm³/mol. The summed E-state index contributed by atoms with van der Waals surface area (Å²) in [4.78, 5) is 12.7. The summed E-state index contributed by atoms with van der Waals surface area (Å²) in [5.41, 5.74) is -0.136. The normalized spacial score (nSPS) is 12.5. The van der Waals surface area contributed by atoms with Crippen LogP contribution in [0.15, 0.2) is 54.6 Å². The molecule has 0 aliphatic rings. The number of hydrogen-bond acceptors (Lipinski definition) is 2. The number of fused-ring (bicyclic) bond motifs is 2. The minimum Gasteiger partial charge on any atom is -0.454 e. The zero-order valence-corrected chi connectivity index (χ0v) is 15.7. The summed E-state index contributed by atoms with van der Waals surface area (Å²) in [6, 6.07) is 18.8. The fourth-order valence-electron chi connectivity index (χ4n) is 3.23. The molecule has 0 aliphatic carbocycles. The Morgan fingerprint density at radius 2 is 1.36 bits per heavy atom. The van der Waals surface area contributed by atoms with Gasteiger partial charge in [-0.2, -0.15) is 0 Å². The molecule has 0 saturated carbocycles. The van der Waals surface area contributed by atoms with Gasteiger partial charge in [-0.05, 0) is 61.7 Å². The molecule has 0 fully saturated rings. The second kappa shape index (κ2) is 6.18. The molecule has 3 rings (SSSR count). The second-order valence-electron chi connectivity index (χ2n) is 7.83. The average molecular weight is 334 g/mol. The van der Waals surface area contributed by atoms with Crippen LogP contribution in [0.1, 0.15) is 46.6 Å². The molecule has 0 heterocycles. The molecule has 0 aromatic heterocycles. The topological polar surface area (TPSA) is 26.3 Å². The molecular formula is C23H26O2. The SMILES string of the molecule is CCC(C)(C)C(=O)OC(C)(C)c1c2ccccc2cc2ccccc12. The number of esters is 1. The van der Waals surface area contributed by atoms with Crippen LogP contribution >= 0.6 is 0 Å². The van der Waals surface area contributed by atoms with E-state index >= 15 is 0 Å². The Hall–Kier alpha value is -2.35. The van der Waals surface area contributed by atoms with Gasteiger partial charge in [-0.1, -0.05) is 55.5 Å². The Labute approximate surface area is 149 Å². The highest BCUT2D eigenvalue weighted by Crippen LogP contribution is 2.39. The summed E-state index contributed by atoms with van der Waals surface area (Å²) in [6.45, 7) is 9.87. The van der Waals surface area contributed by atoms with Crippen LogP contribution in [0, 0.1) is 5.41 Å². The van der Waals surface area contributed by atoms with Crippen LogP contribution in [-0.2, 0) is 15.1 Å². The molecule has 0 spiro atoms. The number of carbonyl (C=O) groups excluding carboxylic acids is 1. The highest BCUT2D eigenvalue weighted by Gasteiger charge is 2.35. The Kier molecular flexibility index (Phi) is 4.32. The van der Waals surface area contributed by atoms with Crippen LogP contribution in [0.4, 0.5) is 0 Å². The van der Waals surface area contributed by atoms with Gasteiger partial charge in [-0.3, -0.25) is 4.79 Å². The Bertz CT molecular complexity index is 881. The zero-order valence-electron chi connectivity index (χ0n) is 15.7. The van der Waals surface area contributed by atoms with Crippen LogP contribution in [0.5, 0.6) is 0 Å². The number of hydrogen-bond donors (Lipinski definition) is 0. The van der Waals surface area contributed by atoms with Crippen molar-refractivity contribution in [3.8, 4) is 0 Å². The van der Waals surface area contributed by atoms with Gasteiger partial charge in [0.2, 0.25) is 0 Å². The van der Waals surface area contributed by atoms with Crippen LogP contribution in [0.25, 0.3) is 21.5 Å². The van der Waals surface area contributed by atoms with Gasteiger partial charge in [-0.15, -0.1) is 0 Å². The lowest BCUT2D eigenvalue weighted by molar-refractivity contribution is -0.168. The van der Waals surface area contributed by atoms with Gasteiger partial charge in [-0.25, -0.2) is 0 Å². The fraction of sp³-hybridized carbons (Fsp3) is 0.348. The minimum atomic E-state index is -0.718. The van der Waals surface area contributed by atoms with Gasteiger partial charge in [0, 0.05) is 5.56 Å². The summed E-state index contributed by atoms with van der Waals surface area (Å²) in [5, 5.41) is 4.59. The average Bonchev–Trinajstić information content (AvgIpc) is 2.58. The number of benzene rings is 3. The smallest absolute Gasteiger partial charge is 0.312 e. The Morgan fingerprint density at radius 3 is 1.84 bits per heavy atom. The van der Waals surface area contributed by atoms with E-state index in [1.54, 1.807) is 0 Å². The number of carbonyl (C=O) groups is 1. The van der Waals surface area contributed by atoms with E-state index in [0.717, 1.165) is 33.5 Å². The monoisotopic (exact) mass is 334 g/mol. The van der Waals surface area contributed by atoms with Crippen molar-refractivity contribution in [3.63, 3.8) is 0 Å². The van der Waals surface area contributed by atoms with Crippen molar-refractivity contribution < 1.29 is 9.53 Å². The molecule has 25 heavy (non-hydrogen) atoms. The standard InChI is InChI=1S/C23H26O2/c1-6-22(2,3)21(24)25-23(4,5)20-18-13-9-7-11-16(18)15-17-12-8-10-14-19(17)20/h7-15H,6H2,1-5H3. The maximum absolute atomic E-state index is 12.7. The van der Waals surface area contributed by atoms with E-state index in [4.69, 9.17) is 4.74 Å². The summed E-state index contributed by atoms with van der Waals surface area (Å²) >= 11 is 0. The summed E-state index contributed by atoms with van der Waals surface area (Å²) in [7, 11) is 0. The van der Waals surface area contributed by atoms with E-state index in [-0.39, 0.29) is 5.97 Å². The molecular weight excluding hydrogens is 308 g/mol. The van der Waals surface area contributed by atoms with E-state index in [0.29, 0.717) is 0 Å². The van der Waals surface area contributed by atoms with E-state index < -0.39 is 11.0 Å². The molecule has 0 atom stereocenters. The molecule has 0 saturated heterocycles. The van der Waals surface area contributed by atoms with Crippen LogP contribution < -0.4 is 0 Å². The number of ether oxygens (including phenoxy) is 1. The maximum Gasteiger partial charge on any atom is 0.312 e. The third kappa shape index (κ3) is 3.13. The third-order valence-corrected chi connectivity index (χ3v) is 5.16. The molecule has 3 aromatic carbocycles.